The van der Waals surface area contributed by atoms with Crippen LogP contribution in [0.4, 0.5) is 5.95 Å². The van der Waals surface area contributed by atoms with Crippen LogP contribution in [0.25, 0.3) is 11.4 Å². The summed E-state index contributed by atoms with van der Waals surface area (Å²) in [4.78, 5) is 2.31. The number of para-hydroxylation sites is 3. The minimum absolute atomic E-state index is 0.551. The Morgan fingerprint density at radius 2 is 1.69 bits per heavy atom. The molecule has 0 aliphatic carbocycles. The van der Waals surface area contributed by atoms with E-state index in [9.17, 15) is 0 Å². The fourth-order valence-electron chi connectivity index (χ4n) is 3.87. The maximum atomic E-state index is 5.65. The number of tetrazole rings is 1. The van der Waals surface area contributed by atoms with Crippen LogP contribution in [0.15, 0.2) is 59.8 Å². The maximum Gasteiger partial charge on any atom is 0.232 e. The topological polar surface area (TPSA) is 86.8 Å². The van der Waals surface area contributed by atoms with Crippen molar-refractivity contribution >= 4 is 17.7 Å². The van der Waals surface area contributed by atoms with E-state index in [0.29, 0.717) is 5.75 Å². The van der Waals surface area contributed by atoms with Gasteiger partial charge in [0.2, 0.25) is 5.95 Å². The number of benzene rings is 2. The third-order valence-corrected chi connectivity index (χ3v) is 6.37. The Morgan fingerprint density at radius 3 is 2.50 bits per heavy atom. The molecule has 0 radical (unpaired) electrons. The zero-order chi connectivity index (χ0) is 21.8. The second-order valence-corrected chi connectivity index (χ2v) is 8.41. The molecule has 10 heteroatoms. The number of thioether (sulfide) groups is 1. The lowest BCUT2D eigenvalue weighted by atomic mass is 10.1. The van der Waals surface area contributed by atoms with Gasteiger partial charge in [-0.15, -0.1) is 15.3 Å². The van der Waals surface area contributed by atoms with Crippen LogP contribution in [0, 0.1) is 0 Å². The Bertz CT molecular complexity index is 1170. The van der Waals surface area contributed by atoms with E-state index in [-0.39, 0.29) is 0 Å². The van der Waals surface area contributed by atoms with E-state index in [0.717, 1.165) is 60.0 Å². The second kappa shape index (κ2) is 9.39. The summed E-state index contributed by atoms with van der Waals surface area (Å²) in [5, 5.41) is 22.2. The standard InChI is InChI=1S/C22H24N8OS/c1-31-19-13-7-6-12-18(19)29-21(28-14-8-3-9-15-28)24-25-22(29)32-16-20-23-26-27-30(20)17-10-4-2-5-11-17/h2,4-7,10-13H,3,8-9,14-16H2,1H3. The van der Waals surface area contributed by atoms with Crippen LogP contribution in [-0.2, 0) is 5.75 Å². The second-order valence-electron chi connectivity index (χ2n) is 7.47. The van der Waals surface area contributed by atoms with Gasteiger partial charge < -0.3 is 9.64 Å². The zero-order valence-electron chi connectivity index (χ0n) is 17.8. The number of hydrogen-bond acceptors (Lipinski definition) is 8. The molecule has 0 N–H and O–H groups in total. The number of methoxy groups -OCH3 is 1. The van der Waals surface area contributed by atoms with Crippen LogP contribution < -0.4 is 9.64 Å². The summed E-state index contributed by atoms with van der Waals surface area (Å²) in [6.45, 7) is 1.95. The monoisotopic (exact) mass is 448 g/mol. The molecular formula is C22H24N8OS. The van der Waals surface area contributed by atoms with E-state index in [1.807, 2.05) is 54.6 Å². The number of aromatic nitrogens is 7. The van der Waals surface area contributed by atoms with Crippen molar-refractivity contribution in [1.29, 1.82) is 0 Å². The van der Waals surface area contributed by atoms with E-state index in [4.69, 9.17) is 4.74 Å². The normalized spacial score (nSPS) is 14.0. The Morgan fingerprint density at radius 1 is 0.906 bits per heavy atom. The van der Waals surface area contributed by atoms with Crippen molar-refractivity contribution in [1.82, 2.24) is 35.0 Å². The van der Waals surface area contributed by atoms with E-state index < -0.39 is 0 Å². The summed E-state index contributed by atoms with van der Waals surface area (Å²) in [6.07, 6.45) is 3.57. The molecule has 3 heterocycles. The minimum atomic E-state index is 0.551. The van der Waals surface area contributed by atoms with Crippen LogP contribution >= 0.6 is 11.8 Å². The molecule has 4 aromatic rings. The number of anilines is 1. The Labute approximate surface area is 190 Å². The highest BCUT2D eigenvalue weighted by atomic mass is 32.2. The average molecular weight is 449 g/mol. The predicted molar refractivity (Wildman–Crippen MR) is 123 cm³/mol. The first-order valence-corrected chi connectivity index (χ1v) is 11.6. The van der Waals surface area contributed by atoms with Crippen molar-refractivity contribution in [2.75, 3.05) is 25.1 Å². The van der Waals surface area contributed by atoms with Gasteiger partial charge in [0, 0.05) is 13.1 Å². The van der Waals surface area contributed by atoms with Crippen molar-refractivity contribution < 1.29 is 4.74 Å². The molecule has 1 saturated heterocycles. The van der Waals surface area contributed by atoms with Crippen LogP contribution in [0.2, 0.25) is 0 Å². The molecule has 0 bridgehead atoms. The molecule has 32 heavy (non-hydrogen) atoms. The average Bonchev–Trinajstić information content (AvgIpc) is 3.51. The summed E-state index contributed by atoms with van der Waals surface area (Å²) in [5.41, 5.74) is 1.85. The lowest BCUT2D eigenvalue weighted by Crippen LogP contribution is -2.31. The van der Waals surface area contributed by atoms with E-state index >= 15 is 0 Å². The smallest absolute Gasteiger partial charge is 0.232 e. The van der Waals surface area contributed by atoms with E-state index in [1.54, 1.807) is 23.6 Å². The fraction of sp³-hybridized carbons (Fsp3) is 0.318. The molecular weight excluding hydrogens is 424 g/mol. The van der Waals surface area contributed by atoms with Gasteiger partial charge in [-0.2, -0.15) is 4.68 Å². The highest BCUT2D eigenvalue weighted by Crippen LogP contribution is 2.33. The molecule has 0 spiro atoms. The van der Waals surface area contributed by atoms with Crippen LogP contribution in [-0.4, -0.2) is 55.2 Å². The first kappa shape index (κ1) is 20.5. The summed E-state index contributed by atoms with van der Waals surface area (Å²) >= 11 is 1.56. The van der Waals surface area contributed by atoms with Gasteiger partial charge in [0.1, 0.15) is 5.75 Å². The van der Waals surface area contributed by atoms with Gasteiger partial charge in [0.25, 0.3) is 0 Å². The SMILES string of the molecule is COc1ccccc1-n1c(SCc2nnnn2-c2ccccc2)nnc1N1CCCCC1. The molecule has 2 aromatic heterocycles. The first-order chi connectivity index (χ1) is 15.8. The van der Waals surface area contributed by atoms with Gasteiger partial charge in [-0.3, -0.25) is 4.57 Å². The first-order valence-electron chi connectivity index (χ1n) is 10.6. The summed E-state index contributed by atoms with van der Waals surface area (Å²) in [6, 6.07) is 17.8. The minimum Gasteiger partial charge on any atom is -0.495 e. The van der Waals surface area contributed by atoms with Crippen molar-refractivity contribution in [2.45, 2.75) is 30.2 Å². The molecule has 2 aromatic carbocycles. The quantitative estimate of drug-likeness (QED) is 0.397. The van der Waals surface area contributed by atoms with Gasteiger partial charge in [0.15, 0.2) is 11.0 Å². The largest absolute Gasteiger partial charge is 0.495 e. The number of piperidine rings is 1. The van der Waals surface area contributed by atoms with Gasteiger partial charge in [-0.25, -0.2) is 0 Å². The third kappa shape index (κ3) is 4.05. The molecule has 1 aliphatic rings. The summed E-state index contributed by atoms with van der Waals surface area (Å²) in [7, 11) is 1.69. The van der Waals surface area contributed by atoms with Gasteiger partial charge in [0.05, 0.1) is 24.2 Å². The van der Waals surface area contributed by atoms with Gasteiger partial charge in [-0.05, 0) is 54.0 Å². The van der Waals surface area contributed by atoms with E-state index in [2.05, 4.69) is 35.2 Å². The van der Waals surface area contributed by atoms with Crippen LogP contribution in [0.3, 0.4) is 0 Å². The molecule has 0 saturated carbocycles. The van der Waals surface area contributed by atoms with Crippen molar-refractivity contribution in [3.63, 3.8) is 0 Å². The summed E-state index contributed by atoms with van der Waals surface area (Å²) in [5.74, 6) is 2.92. The van der Waals surface area contributed by atoms with Crippen LogP contribution in [0.1, 0.15) is 25.1 Å². The van der Waals surface area contributed by atoms with Crippen molar-refractivity contribution in [2.24, 2.45) is 0 Å². The number of nitrogens with zero attached hydrogens (tertiary/aromatic N) is 8. The number of ether oxygens (including phenoxy) is 1. The Balaban J connectivity index is 1.48. The molecule has 0 amide bonds. The van der Waals surface area contributed by atoms with Crippen LogP contribution in [0.5, 0.6) is 5.75 Å². The molecule has 0 unspecified atom stereocenters. The predicted octanol–water partition coefficient (Wildman–Crippen LogP) is 3.53. The molecule has 1 fully saturated rings. The number of rotatable bonds is 7. The summed E-state index contributed by atoms with van der Waals surface area (Å²) < 4.78 is 9.49. The highest BCUT2D eigenvalue weighted by molar-refractivity contribution is 7.98. The molecule has 1 aliphatic heterocycles. The highest BCUT2D eigenvalue weighted by Gasteiger charge is 2.24. The molecule has 0 atom stereocenters. The molecule has 5 rings (SSSR count). The molecule has 9 nitrogen and oxygen atoms in total. The maximum absolute atomic E-state index is 5.65. The lowest BCUT2D eigenvalue weighted by Gasteiger charge is -2.28. The Hall–Kier alpha value is -3.40. The van der Waals surface area contributed by atoms with Crippen molar-refractivity contribution in [3.8, 4) is 17.1 Å². The third-order valence-electron chi connectivity index (χ3n) is 5.45. The fourth-order valence-corrected chi connectivity index (χ4v) is 4.72. The van der Waals surface area contributed by atoms with E-state index in [1.165, 1.54) is 6.42 Å². The lowest BCUT2D eigenvalue weighted by molar-refractivity contribution is 0.412. The van der Waals surface area contributed by atoms with Gasteiger partial charge >= 0.3 is 0 Å². The Kier molecular flexibility index (Phi) is 6.02. The number of hydrogen-bond donors (Lipinski definition) is 0. The van der Waals surface area contributed by atoms with Crippen molar-refractivity contribution in [3.05, 3.63) is 60.4 Å². The molecule has 164 valence electrons. The zero-order valence-corrected chi connectivity index (χ0v) is 18.6. The van der Waals surface area contributed by atoms with Gasteiger partial charge in [-0.1, -0.05) is 42.1 Å².